The second-order valence-electron chi connectivity index (χ2n) is 16.9. The van der Waals surface area contributed by atoms with Gasteiger partial charge in [0, 0.05) is 44.1 Å². The molecule has 0 radical (unpaired) electrons. The third-order valence-electron chi connectivity index (χ3n) is 12.7. The predicted octanol–water partition coefficient (Wildman–Crippen LogP) is 9.63. The molecule has 306 valence electrons. The number of anilines is 1. The first kappa shape index (κ1) is 41.1. The Morgan fingerprint density at radius 1 is 0.895 bits per heavy atom. The maximum atomic E-state index is 17.7. The van der Waals surface area contributed by atoms with E-state index in [1.54, 1.807) is 18.2 Å². The SMILES string of the molecule is COCOc1cc(-c2nc(OC)c3c(N4CCCCC4)nc(OC[C@@]45CCCN4C[C@H](F)C5)nc3c2F)c2c(C#C[Si](C(C)C)(C(C)C)C(C)C)c(F)ccc2c1. The van der Waals surface area contributed by atoms with Crippen molar-refractivity contribution >= 4 is 35.6 Å². The molecule has 3 aliphatic rings. The fourth-order valence-corrected chi connectivity index (χ4v) is 15.2. The van der Waals surface area contributed by atoms with Crippen LogP contribution in [0.3, 0.4) is 0 Å². The highest BCUT2D eigenvalue weighted by molar-refractivity contribution is 6.90. The van der Waals surface area contributed by atoms with Gasteiger partial charge in [-0.15, -0.1) is 5.54 Å². The standard InChI is InChI=1S/C44H56F3N5O4Si/c1-27(2)57(28(3)4,29(5)6)20-15-33-35(46)14-13-30-21-32(56-26-53-7)22-34(36(30)33)39-38(47)40-37(42(48-39)54-8)41(51-17-10-9-11-18-51)50-43(49-40)55-25-44-16-12-19-52(44)24-31(45)23-44/h13-14,21-22,27-29,31H,9-12,16-19,23-26H2,1-8H3/t31-,44+/m1/s1. The van der Waals surface area contributed by atoms with Crippen LogP contribution in [0.1, 0.15) is 85.6 Å². The lowest BCUT2D eigenvalue weighted by atomic mass is 9.95. The van der Waals surface area contributed by atoms with Crippen molar-refractivity contribution in [3.05, 3.63) is 41.5 Å². The van der Waals surface area contributed by atoms with Crippen molar-refractivity contribution in [2.45, 2.75) is 108 Å². The van der Waals surface area contributed by atoms with Gasteiger partial charge in [-0.1, -0.05) is 53.5 Å². The summed E-state index contributed by atoms with van der Waals surface area (Å²) in [6.45, 7) is 16.0. The average Bonchev–Trinajstić information content (AvgIpc) is 3.72. The minimum atomic E-state index is -2.31. The Balaban J connectivity index is 1.47. The van der Waals surface area contributed by atoms with E-state index in [0.29, 0.717) is 70.4 Å². The summed E-state index contributed by atoms with van der Waals surface area (Å²) in [7, 11) is 0.691. The van der Waals surface area contributed by atoms with E-state index in [1.807, 2.05) is 0 Å². The van der Waals surface area contributed by atoms with Crippen LogP contribution in [0.4, 0.5) is 19.0 Å². The Morgan fingerprint density at radius 3 is 2.32 bits per heavy atom. The number of rotatable bonds is 12. The lowest BCUT2D eigenvalue weighted by Gasteiger charge is -2.38. The Bertz CT molecular complexity index is 2170. The van der Waals surface area contributed by atoms with Crippen LogP contribution < -0.4 is 19.1 Å². The van der Waals surface area contributed by atoms with E-state index in [1.165, 1.54) is 20.3 Å². The summed E-state index contributed by atoms with van der Waals surface area (Å²) < 4.78 is 72.1. The molecule has 3 saturated heterocycles. The molecule has 57 heavy (non-hydrogen) atoms. The molecule has 0 bridgehead atoms. The molecule has 0 N–H and O–H groups in total. The fourth-order valence-electron chi connectivity index (χ4n) is 10.0. The van der Waals surface area contributed by atoms with Crippen LogP contribution in [0.2, 0.25) is 16.6 Å². The lowest BCUT2D eigenvalue weighted by molar-refractivity contribution is 0.0512. The number of alkyl halides is 1. The van der Waals surface area contributed by atoms with Crippen molar-refractivity contribution in [3.63, 3.8) is 0 Å². The maximum absolute atomic E-state index is 17.7. The van der Waals surface area contributed by atoms with Crippen LogP contribution in [0.5, 0.6) is 17.6 Å². The van der Waals surface area contributed by atoms with Gasteiger partial charge in [0.25, 0.3) is 0 Å². The number of nitrogens with zero attached hydrogens (tertiary/aromatic N) is 5. The van der Waals surface area contributed by atoms with Gasteiger partial charge in [-0.25, -0.2) is 18.2 Å². The molecule has 0 saturated carbocycles. The van der Waals surface area contributed by atoms with Crippen molar-refractivity contribution in [1.82, 2.24) is 19.9 Å². The van der Waals surface area contributed by atoms with Crippen LogP contribution in [0.25, 0.3) is 32.9 Å². The number of pyridine rings is 1. The van der Waals surface area contributed by atoms with E-state index in [2.05, 4.69) is 62.8 Å². The van der Waals surface area contributed by atoms with Crippen LogP contribution in [0.15, 0.2) is 24.3 Å². The first-order chi connectivity index (χ1) is 27.3. The third-order valence-corrected chi connectivity index (χ3v) is 19.0. The molecule has 3 fully saturated rings. The third kappa shape index (κ3) is 7.53. The van der Waals surface area contributed by atoms with Crippen LogP contribution in [-0.4, -0.2) is 93.4 Å². The highest BCUT2D eigenvalue weighted by Crippen LogP contribution is 2.45. The van der Waals surface area contributed by atoms with E-state index in [9.17, 15) is 4.39 Å². The molecule has 7 rings (SSSR count). The molecule has 9 nitrogen and oxygen atoms in total. The monoisotopic (exact) mass is 803 g/mol. The zero-order valence-corrected chi connectivity index (χ0v) is 35.6. The van der Waals surface area contributed by atoms with Gasteiger partial charge in [-0.3, -0.25) is 4.90 Å². The Morgan fingerprint density at radius 2 is 1.63 bits per heavy atom. The number of aromatic nitrogens is 3. The Hall–Kier alpha value is -4.12. The number of ether oxygens (including phenoxy) is 4. The summed E-state index contributed by atoms with van der Waals surface area (Å²) in [6.07, 6.45) is 4.17. The van der Waals surface area contributed by atoms with E-state index in [0.717, 1.165) is 38.6 Å². The van der Waals surface area contributed by atoms with Crippen molar-refractivity contribution in [2.75, 3.05) is 58.7 Å². The second-order valence-corrected chi connectivity index (χ2v) is 22.5. The van der Waals surface area contributed by atoms with Gasteiger partial charge in [0.1, 0.15) is 54.8 Å². The topological polar surface area (TPSA) is 82.1 Å². The van der Waals surface area contributed by atoms with Crippen molar-refractivity contribution in [1.29, 1.82) is 0 Å². The summed E-state index contributed by atoms with van der Waals surface area (Å²) in [5.74, 6) is 3.04. The number of fused-ring (bicyclic) bond motifs is 3. The molecule has 0 unspecified atom stereocenters. The van der Waals surface area contributed by atoms with Gasteiger partial charge < -0.3 is 23.8 Å². The van der Waals surface area contributed by atoms with Crippen molar-refractivity contribution in [3.8, 4) is 40.4 Å². The molecule has 2 atom stereocenters. The van der Waals surface area contributed by atoms with Crippen LogP contribution in [-0.2, 0) is 4.74 Å². The average molecular weight is 804 g/mol. The molecule has 13 heteroatoms. The van der Waals surface area contributed by atoms with Gasteiger partial charge in [-0.2, -0.15) is 9.97 Å². The normalized spacial score (nSPS) is 20.2. The fraction of sp³-hybridized carbons (Fsp3) is 0.568. The molecule has 0 amide bonds. The van der Waals surface area contributed by atoms with E-state index < -0.39 is 31.4 Å². The minimum Gasteiger partial charge on any atom is -0.480 e. The highest BCUT2D eigenvalue weighted by atomic mass is 28.3. The zero-order chi connectivity index (χ0) is 40.6. The first-order valence-electron chi connectivity index (χ1n) is 20.5. The summed E-state index contributed by atoms with van der Waals surface area (Å²) in [4.78, 5) is 18.7. The molecule has 2 aromatic heterocycles. The van der Waals surface area contributed by atoms with Gasteiger partial charge in [-0.05, 0) is 78.9 Å². The second kappa shape index (κ2) is 16.6. The van der Waals surface area contributed by atoms with E-state index >= 15 is 8.78 Å². The molecular weight excluding hydrogens is 748 g/mol. The molecule has 0 aliphatic carbocycles. The van der Waals surface area contributed by atoms with E-state index in [-0.39, 0.29) is 47.6 Å². The molecule has 5 heterocycles. The minimum absolute atomic E-state index is 0.00158. The van der Waals surface area contributed by atoms with Gasteiger partial charge >= 0.3 is 6.01 Å². The molecule has 4 aromatic rings. The predicted molar refractivity (Wildman–Crippen MR) is 222 cm³/mol. The van der Waals surface area contributed by atoms with Crippen molar-refractivity contribution in [2.24, 2.45) is 0 Å². The molecule has 2 aromatic carbocycles. The van der Waals surface area contributed by atoms with Crippen molar-refractivity contribution < 1.29 is 32.1 Å². The number of methoxy groups -OCH3 is 2. The number of hydrogen-bond donors (Lipinski definition) is 0. The van der Waals surface area contributed by atoms with Gasteiger partial charge in [0.05, 0.1) is 18.2 Å². The molecule has 0 spiro atoms. The van der Waals surface area contributed by atoms with Crippen LogP contribution >= 0.6 is 0 Å². The van der Waals surface area contributed by atoms with Gasteiger partial charge in [0.15, 0.2) is 12.6 Å². The number of piperidine rings is 1. The number of benzene rings is 2. The molecular formula is C44H56F3N5O4Si. The molecule has 3 aliphatic heterocycles. The largest absolute Gasteiger partial charge is 0.480 e. The van der Waals surface area contributed by atoms with Gasteiger partial charge in [0.2, 0.25) is 5.88 Å². The smallest absolute Gasteiger partial charge is 0.319 e. The number of hydrogen-bond acceptors (Lipinski definition) is 9. The van der Waals surface area contributed by atoms with E-state index in [4.69, 9.17) is 33.9 Å². The highest BCUT2D eigenvalue weighted by Gasteiger charge is 2.49. The quantitative estimate of drug-likeness (QED) is 0.0791. The Labute approximate surface area is 335 Å². The summed E-state index contributed by atoms with van der Waals surface area (Å²) >= 11 is 0. The Kier molecular flexibility index (Phi) is 12.0. The first-order valence-corrected chi connectivity index (χ1v) is 22.7. The summed E-state index contributed by atoms with van der Waals surface area (Å²) in [6, 6.07) is 6.46. The van der Waals surface area contributed by atoms with Crippen LogP contribution in [0, 0.1) is 23.1 Å². The number of halogens is 3. The zero-order valence-electron chi connectivity index (χ0n) is 34.6. The summed E-state index contributed by atoms with van der Waals surface area (Å²) in [5, 5.41) is 1.32. The maximum Gasteiger partial charge on any atom is 0.319 e. The lowest BCUT2D eigenvalue weighted by Crippen LogP contribution is -2.43. The summed E-state index contributed by atoms with van der Waals surface area (Å²) in [5.41, 5.74) is 4.46.